The van der Waals surface area contributed by atoms with Gasteiger partial charge in [0.1, 0.15) is 5.69 Å². The number of amidine groups is 1. The molecule has 1 aromatic heterocycles. The van der Waals surface area contributed by atoms with Crippen molar-refractivity contribution < 1.29 is 18.4 Å². The van der Waals surface area contributed by atoms with Crippen LogP contribution in [-0.2, 0) is 6.54 Å². The summed E-state index contributed by atoms with van der Waals surface area (Å²) in [6.45, 7) is 1.17. The molecule has 0 atom stereocenters. The Morgan fingerprint density at radius 1 is 1.43 bits per heavy atom. The summed E-state index contributed by atoms with van der Waals surface area (Å²) in [5.74, 6) is -1.32. The van der Waals surface area contributed by atoms with Crippen LogP contribution in [0, 0.1) is 5.92 Å². The highest BCUT2D eigenvalue weighted by molar-refractivity contribution is 5.96. The normalized spacial score (nSPS) is 18.9. The zero-order chi connectivity index (χ0) is 15.5. The Labute approximate surface area is 120 Å². The van der Waals surface area contributed by atoms with Crippen LogP contribution in [0.4, 0.5) is 13.2 Å². The molecule has 0 saturated carbocycles. The van der Waals surface area contributed by atoms with Crippen molar-refractivity contribution in [1.29, 1.82) is 0 Å². The van der Waals surface area contributed by atoms with Gasteiger partial charge in [0.2, 0.25) is 0 Å². The third-order valence-electron chi connectivity index (χ3n) is 3.69. The quantitative estimate of drug-likeness (QED) is 0.387. The molecule has 1 fully saturated rings. The number of likely N-dealkylation sites (tertiary alicyclic amines) is 1. The third kappa shape index (κ3) is 3.84. The second-order valence-corrected chi connectivity index (χ2v) is 5.09. The second kappa shape index (κ2) is 6.30. The number of oxime groups is 1. The van der Waals surface area contributed by atoms with Gasteiger partial charge in [0.25, 0.3) is 0 Å². The van der Waals surface area contributed by atoms with Gasteiger partial charge in [-0.05, 0) is 37.6 Å². The lowest BCUT2D eigenvalue weighted by Gasteiger charge is -2.33. The minimum Gasteiger partial charge on any atom is -0.409 e. The second-order valence-electron chi connectivity index (χ2n) is 5.09. The molecule has 1 aliphatic rings. The van der Waals surface area contributed by atoms with E-state index >= 15 is 0 Å². The lowest BCUT2D eigenvalue weighted by atomic mass is 9.96. The van der Waals surface area contributed by atoms with E-state index in [1.807, 2.05) is 4.90 Å². The van der Waals surface area contributed by atoms with Crippen LogP contribution < -0.4 is 5.73 Å². The Balaban J connectivity index is 2.02. The van der Waals surface area contributed by atoms with Crippen LogP contribution in [0.3, 0.4) is 0 Å². The first-order valence-corrected chi connectivity index (χ1v) is 6.62. The Morgan fingerprint density at radius 2 is 2.10 bits per heavy atom. The fourth-order valence-electron chi connectivity index (χ4n) is 2.50. The molecule has 0 bridgehead atoms. The number of nitrogens with zero attached hydrogens (tertiary/aromatic N) is 3. The minimum absolute atomic E-state index is 0.0999. The van der Waals surface area contributed by atoms with Gasteiger partial charge in [0.05, 0.1) is 5.92 Å². The van der Waals surface area contributed by atoms with E-state index in [0.717, 1.165) is 5.56 Å². The highest BCUT2D eigenvalue weighted by Gasteiger charge is 2.41. The van der Waals surface area contributed by atoms with E-state index in [2.05, 4.69) is 10.1 Å². The molecule has 2 rings (SSSR count). The maximum atomic E-state index is 12.6. The number of alkyl halides is 3. The van der Waals surface area contributed by atoms with E-state index < -0.39 is 12.1 Å². The van der Waals surface area contributed by atoms with Gasteiger partial charge < -0.3 is 10.9 Å². The molecule has 5 nitrogen and oxygen atoms in total. The molecule has 0 aromatic carbocycles. The summed E-state index contributed by atoms with van der Waals surface area (Å²) in [5, 5.41) is 11.6. The lowest BCUT2D eigenvalue weighted by Crippen LogP contribution is -2.39. The number of halogens is 3. The molecule has 8 heteroatoms. The maximum absolute atomic E-state index is 12.6. The van der Waals surface area contributed by atoms with Crippen molar-refractivity contribution in [1.82, 2.24) is 9.88 Å². The number of pyridine rings is 1. The Morgan fingerprint density at radius 3 is 2.67 bits per heavy atom. The van der Waals surface area contributed by atoms with E-state index in [-0.39, 0.29) is 18.7 Å². The molecule has 1 aromatic rings. The lowest BCUT2D eigenvalue weighted by molar-refractivity contribution is -0.185. The van der Waals surface area contributed by atoms with E-state index in [9.17, 15) is 13.2 Å². The molecule has 3 N–H and O–H groups in total. The summed E-state index contributed by atoms with van der Waals surface area (Å²) in [7, 11) is 0. The molecule has 21 heavy (non-hydrogen) atoms. The largest absolute Gasteiger partial charge is 0.409 e. The van der Waals surface area contributed by atoms with Gasteiger partial charge in [0.15, 0.2) is 5.84 Å². The number of aromatic nitrogens is 1. The van der Waals surface area contributed by atoms with E-state index in [1.54, 1.807) is 12.1 Å². The first-order chi connectivity index (χ1) is 9.91. The third-order valence-corrected chi connectivity index (χ3v) is 3.69. The first kappa shape index (κ1) is 15.6. The predicted molar refractivity (Wildman–Crippen MR) is 70.8 cm³/mol. The number of rotatable bonds is 3. The standard InChI is InChI=1S/C13H17F3N4O/c14-13(15,16)10-3-6-20(7-4-10)8-9-2-1-5-18-11(9)12(17)19-21/h1-2,5,10,21H,3-4,6-8H2,(H2,17,19). The molecule has 0 aliphatic carbocycles. The van der Waals surface area contributed by atoms with E-state index in [0.29, 0.717) is 25.3 Å². The number of piperidine rings is 1. The van der Waals surface area contributed by atoms with Gasteiger partial charge in [-0.25, -0.2) is 0 Å². The average Bonchev–Trinajstić information content (AvgIpc) is 2.46. The Hall–Kier alpha value is -1.83. The van der Waals surface area contributed by atoms with Crippen molar-refractivity contribution in [3.8, 4) is 0 Å². The van der Waals surface area contributed by atoms with Crippen molar-refractivity contribution >= 4 is 5.84 Å². The average molecular weight is 302 g/mol. The zero-order valence-corrected chi connectivity index (χ0v) is 11.3. The zero-order valence-electron chi connectivity index (χ0n) is 11.3. The van der Waals surface area contributed by atoms with Gasteiger partial charge in [-0.15, -0.1) is 0 Å². The number of hydrogen-bond donors (Lipinski definition) is 2. The molecular formula is C13H17F3N4O. The molecule has 116 valence electrons. The van der Waals surface area contributed by atoms with Crippen LogP contribution in [-0.4, -0.2) is 40.2 Å². The van der Waals surface area contributed by atoms with Crippen LogP contribution in [0.2, 0.25) is 0 Å². The Bertz CT molecular complexity index is 510. The molecule has 0 radical (unpaired) electrons. The van der Waals surface area contributed by atoms with E-state index in [4.69, 9.17) is 10.9 Å². The van der Waals surface area contributed by atoms with Crippen LogP contribution in [0.5, 0.6) is 0 Å². The van der Waals surface area contributed by atoms with Crippen molar-refractivity contribution in [2.45, 2.75) is 25.6 Å². The van der Waals surface area contributed by atoms with Crippen LogP contribution >= 0.6 is 0 Å². The molecule has 0 spiro atoms. The topological polar surface area (TPSA) is 74.7 Å². The molecule has 0 unspecified atom stereocenters. The highest BCUT2D eigenvalue weighted by atomic mass is 19.4. The molecular weight excluding hydrogens is 285 g/mol. The Kier molecular flexibility index (Phi) is 4.66. The summed E-state index contributed by atoms with van der Waals surface area (Å²) in [6.07, 6.45) is -2.39. The molecule has 2 heterocycles. The van der Waals surface area contributed by atoms with Crippen molar-refractivity contribution in [2.24, 2.45) is 16.8 Å². The van der Waals surface area contributed by atoms with Gasteiger partial charge in [-0.3, -0.25) is 9.88 Å². The van der Waals surface area contributed by atoms with Crippen molar-refractivity contribution in [3.63, 3.8) is 0 Å². The first-order valence-electron chi connectivity index (χ1n) is 6.62. The predicted octanol–water partition coefficient (Wildman–Crippen LogP) is 1.95. The molecule has 0 amide bonds. The minimum atomic E-state index is -4.11. The number of hydrogen-bond acceptors (Lipinski definition) is 4. The smallest absolute Gasteiger partial charge is 0.391 e. The van der Waals surface area contributed by atoms with Gasteiger partial charge in [-0.1, -0.05) is 11.2 Å². The van der Waals surface area contributed by atoms with Crippen molar-refractivity contribution in [2.75, 3.05) is 13.1 Å². The molecule has 1 saturated heterocycles. The van der Waals surface area contributed by atoms with Crippen LogP contribution in [0.15, 0.2) is 23.5 Å². The molecule has 1 aliphatic heterocycles. The maximum Gasteiger partial charge on any atom is 0.391 e. The van der Waals surface area contributed by atoms with Gasteiger partial charge >= 0.3 is 6.18 Å². The summed E-state index contributed by atoms with van der Waals surface area (Å²) in [4.78, 5) is 5.97. The fourth-order valence-corrected chi connectivity index (χ4v) is 2.50. The summed E-state index contributed by atoms with van der Waals surface area (Å²) < 4.78 is 37.9. The van der Waals surface area contributed by atoms with Crippen LogP contribution in [0.25, 0.3) is 0 Å². The SMILES string of the molecule is NC(=NO)c1ncccc1CN1CCC(C(F)(F)F)CC1. The summed E-state index contributed by atoms with van der Waals surface area (Å²) in [5.41, 5.74) is 6.64. The fraction of sp³-hybridized carbons (Fsp3) is 0.538. The van der Waals surface area contributed by atoms with Gasteiger partial charge in [-0.2, -0.15) is 13.2 Å². The van der Waals surface area contributed by atoms with Crippen LogP contribution in [0.1, 0.15) is 24.1 Å². The van der Waals surface area contributed by atoms with E-state index in [1.165, 1.54) is 6.20 Å². The summed E-state index contributed by atoms with van der Waals surface area (Å²) in [6, 6.07) is 3.49. The highest BCUT2D eigenvalue weighted by Crippen LogP contribution is 2.34. The number of nitrogens with two attached hydrogens (primary N) is 1. The monoisotopic (exact) mass is 302 g/mol. The summed E-state index contributed by atoms with van der Waals surface area (Å²) >= 11 is 0. The van der Waals surface area contributed by atoms with Crippen molar-refractivity contribution in [3.05, 3.63) is 29.6 Å². The van der Waals surface area contributed by atoms with Gasteiger partial charge in [0, 0.05) is 12.7 Å².